The highest BCUT2D eigenvalue weighted by atomic mass is 16.4. The van der Waals surface area contributed by atoms with Crippen molar-refractivity contribution in [2.75, 3.05) is 18.0 Å². The molecule has 0 bridgehead atoms. The SMILES string of the molecule is CC(C)c1ncc(N2CCCCCCC2)c(C(=O)O)n1. The Kier molecular flexibility index (Phi) is 4.93. The lowest BCUT2D eigenvalue weighted by molar-refractivity contribution is 0.0690. The molecule has 1 aliphatic heterocycles. The van der Waals surface area contributed by atoms with E-state index in [9.17, 15) is 9.90 Å². The third-order valence-corrected chi connectivity index (χ3v) is 3.70. The lowest BCUT2D eigenvalue weighted by Gasteiger charge is -2.27. The van der Waals surface area contributed by atoms with Gasteiger partial charge in [-0.25, -0.2) is 14.8 Å². The Morgan fingerprint density at radius 2 is 1.80 bits per heavy atom. The molecule has 5 heteroatoms. The maximum atomic E-state index is 11.5. The van der Waals surface area contributed by atoms with Gasteiger partial charge in [-0.3, -0.25) is 0 Å². The first kappa shape index (κ1) is 14.8. The van der Waals surface area contributed by atoms with E-state index in [1.54, 1.807) is 6.20 Å². The van der Waals surface area contributed by atoms with Crippen molar-refractivity contribution in [1.82, 2.24) is 9.97 Å². The predicted molar refractivity (Wildman–Crippen MR) is 78.4 cm³/mol. The summed E-state index contributed by atoms with van der Waals surface area (Å²) in [5.41, 5.74) is 0.813. The van der Waals surface area contributed by atoms with Crippen LogP contribution >= 0.6 is 0 Å². The molecule has 0 aliphatic carbocycles. The molecular weight excluding hydrogens is 254 g/mol. The van der Waals surface area contributed by atoms with E-state index in [0.29, 0.717) is 11.5 Å². The molecule has 0 atom stereocenters. The molecule has 110 valence electrons. The molecule has 1 N–H and O–H groups in total. The zero-order valence-corrected chi connectivity index (χ0v) is 12.3. The summed E-state index contributed by atoms with van der Waals surface area (Å²) in [7, 11) is 0. The van der Waals surface area contributed by atoms with Gasteiger partial charge in [-0.2, -0.15) is 0 Å². The van der Waals surface area contributed by atoms with Crippen molar-refractivity contribution >= 4 is 11.7 Å². The standard InChI is InChI=1S/C15H23N3O2/c1-11(2)14-16-10-12(13(17-14)15(19)20)18-8-6-4-3-5-7-9-18/h10-11H,3-9H2,1-2H3,(H,19,20). The van der Waals surface area contributed by atoms with Gasteiger partial charge < -0.3 is 10.0 Å². The van der Waals surface area contributed by atoms with Crippen molar-refractivity contribution in [3.05, 3.63) is 17.7 Å². The first-order valence-electron chi connectivity index (χ1n) is 7.44. The molecule has 0 saturated carbocycles. The van der Waals surface area contributed by atoms with Crippen LogP contribution in [0.25, 0.3) is 0 Å². The molecule has 1 fully saturated rings. The molecule has 1 aliphatic rings. The number of rotatable bonds is 3. The molecular formula is C15H23N3O2. The number of nitrogens with zero attached hydrogens (tertiary/aromatic N) is 3. The third-order valence-electron chi connectivity index (χ3n) is 3.70. The average molecular weight is 277 g/mol. The molecule has 0 radical (unpaired) electrons. The largest absolute Gasteiger partial charge is 0.476 e. The predicted octanol–water partition coefficient (Wildman–Crippen LogP) is 3.07. The molecule has 2 heterocycles. The van der Waals surface area contributed by atoms with Gasteiger partial charge >= 0.3 is 5.97 Å². The number of hydrogen-bond donors (Lipinski definition) is 1. The first-order chi connectivity index (χ1) is 9.59. The van der Waals surface area contributed by atoms with Gasteiger partial charge in [0.05, 0.1) is 11.9 Å². The Hall–Kier alpha value is -1.65. The molecule has 2 rings (SSSR count). The zero-order valence-electron chi connectivity index (χ0n) is 12.3. The number of carboxylic acid groups (broad SMARTS) is 1. The van der Waals surface area contributed by atoms with Crippen LogP contribution in [0.5, 0.6) is 0 Å². The van der Waals surface area contributed by atoms with Crippen LogP contribution in [0.1, 0.15) is 68.2 Å². The monoisotopic (exact) mass is 277 g/mol. The maximum absolute atomic E-state index is 11.5. The Morgan fingerprint density at radius 1 is 1.20 bits per heavy atom. The topological polar surface area (TPSA) is 66.3 Å². The molecule has 1 aromatic rings. The lowest BCUT2D eigenvalue weighted by Crippen LogP contribution is -2.29. The summed E-state index contributed by atoms with van der Waals surface area (Å²) in [4.78, 5) is 22.2. The molecule has 0 aromatic carbocycles. The summed E-state index contributed by atoms with van der Waals surface area (Å²) < 4.78 is 0. The number of anilines is 1. The molecule has 20 heavy (non-hydrogen) atoms. The average Bonchev–Trinajstić information content (AvgIpc) is 2.37. The number of carbonyl (C=O) groups is 1. The number of aromatic nitrogens is 2. The van der Waals surface area contributed by atoms with E-state index in [2.05, 4.69) is 14.9 Å². The van der Waals surface area contributed by atoms with E-state index >= 15 is 0 Å². The van der Waals surface area contributed by atoms with E-state index < -0.39 is 5.97 Å². The Balaban J connectivity index is 2.31. The number of carboxylic acids is 1. The van der Waals surface area contributed by atoms with Crippen LogP contribution in [0.4, 0.5) is 5.69 Å². The highest BCUT2D eigenvalue weighted by Gasteiger charge is 2.20. The number of aromatic carboxylic acids is 1. The summed E-state index contributed by atoms with van der Waals surface area (Å²) in [6, 6.07) is 0. The summed E-state index contributed by atoms with van der Waals surface area (Å²) in [5, 5.41) is 9.41. The van der Waals surface area contributed by atoms with Gasteiger partial charge in [-0.05, 0) is 12.8 Å². The van der Waals surface area contributed by atoms with E-state index in [1.165, 1.54) is 19.3 Å². The molecule has 1 aromatic heterocycles. The van der Waals surface area contributed by atoms with Crippen LogP contribution in [0.3, 0.4) is 0 Å². The summed E-state index contributed by atoms with van der Waals surface area (Å²) >= 11 is 0. The normalized spacial score (nSPS) is 16.9. The van der Waals surface area contributed by atoms with Gasteiger partial charge in [0, 0.05) is 19.0 Å². The van der Waals surface area contributed by atoms with Crippen molar-refractivity contribution < 1.29 is 9.90 Å². The Labute approximate surface area is 120 Å². The molecule has 0 unspecified atom stereocenters. The van der Waals surface area contributed by atoms with Gasteiger partial charge in [0.25, 0.3) is 0 Å². The summed E-state index contributed by atoms with van der Waals surface area (Å²) in [6.45, 7) is 5.73. The summed E-state index contributed by atoms with van der Waals surface area (Å²) in [6.07, 6.45) is 7.60. The quantitative estimate of drug-likeness (QED) is 0.919. The van der Waals surface area contributed by atoms with Gasteiger partial charge in [0.1, 0.15) is 5.82 Å². The molecule has 0 amide bonds. The van der Waals surface area contributed by atoms with Gasteiger partial charge in [0.15, 0.2) is 5.69 Å². The second-order valence-corrected chi connectivity index (χ2v) is 5.68. The van der Waals surface area contributed by atoms with Gasteiger partial charge in [-0.1, -0.05) is 33.1 Å². The Bertz CT molecular complexity index is 466. The first-order valence-corrected chi connectivity index (χ1v) is 7.44. The van der Waals surface area contributed by atoms with Crippen LogP contribution in [0.2, 0.25) is 0 Å². The Morgan fingerprint density at radius 3 is 2.35 bits per heavy atom. The minimum atomic E-state index is -0.966. The van der Waals surface area contributed by atoms with Crippen molar-refractivity contribution in [2.24, 2.45) is 0 Å². The van der Waals surface area contributed by atoms with Gasteiger partial charge in [-0.15, -0.1) is 0 Å². The van der Waals surface area contributed by atoms with Crippen LogP contribution in [0, 0.1) is 0 Å². The van der Waals surface area contributed by atoms with E-state index in [1.807, 2.05) is 13.8 Å². The molecule has 5 nitrogen and oxygen atoms in total. The van der Waals surface area contributed by atoms with Crippen molar-refractivity contribution in [1.29, 1.82) is 0 Å². The highest BCUT2D eigenvalue weighted by molar-refractivity contribution is 5.92. The van der Waals surface area contributed by atoms with Crippen LogP contribution in [-0.4, -0.2) is 34.1 Å². The van der Waals surface area contributed by atoms with E-state index in [-0.39, 0.29) is 11.6 Å². The number of hydrogen-bond acceptors (Lipinski definition) is 4. The van der Waals surface area contributed by atoms with Crippen LogP contribution in [0.15, 0.2) is 6.20 Å². The fraction of sp³-hybridized carbons (Fsp3) is 0.667. The van der Waals surface area contributed by atoms with Gasteiger partial charge in [0.2, 0.25) is 0 Å². The van der Waals surface area contributed by atoms with Crippen molar-refractivity contribution in [2.45, 2.75) is 51.9 Å². The van der Waals surface area contributed by atoms with E-state index in [4.69, 9.17) is 0 Å². The summed E-state index contributed by atoms with van der Waals surface area (Å²) in [5.74, 6) is -0.237. The van der Waals surface area contributed by atoms with Crippen molar-refractivity contribution in [3.63, 3.8) is 0 Å². The van der Waals surface area contributed by atoms with E-state index in [0.717, 1.165) is 25.9 Å². The smallest absolute Gasteiger partial charge is 0.356 e. The zero-order chi connectivity index (χ0) is 14.5. The minimum absolute atomic E-state index is 0.134. The lowest BCUT2D eigenvalue weighted by atomic mass is 10.1. The molecule has 1 saturated heterocycles. The van der Waals surface area contributed by atoms with Crippen LogP contribution < -0.4 is 4.90 Å². The minimum Gasteiger partial charge on any atom is -0.476 e. The maximum Gasteiger partial charge on any atom is 0.356 e. The van der Waals surface area contributed by atoms with Crippen LogP contribution in [-0.2, 0) is 0 Å². The fourth-order valence-corrected chi connectivity index (χ4v) is 2.54. The third kappa shape index (κ3) is 3.46. The molecule has 0 spiro atoms. The second-order valence-electron chi connectivity index (χ2n) is 5.68. The second kappa shape index (κ2) is 6.68. The fourth-order valence-electron chi connectivity index (χ4n) is 2.54. The van der Waals surface area contributed by atoms with Crippen molar-refractivity contribution in [3.8, 4) is 0 Å². The highest BCUT2D eigenvalue weighted by Crippen LogP contribution is 2.23.